The third-order valence-corrected chi connectivity index (χ3v) is 7.80. The summed E-state index contributed by atoms with van der Waals surface area (Å²) in [5.41, 5.74) is -2.95. The molecule has 2 fully saturated rings. The molecule has 2 saturated heterocycles. The van der Waals surface area contributed by atoms with E-state index in [0.29, 0.717) is 44.7 Å². The highest BCUT2D eigenvalue weighted by Gasteiger charge is 2.30. The number of benzene rings is 1. The van der Waals surface area contributed by atoms with Crippen molar-refractivity contribution in [2.24, 2.45) is 0 Å². The lowest BCUT2D eigenvalue weighted by molar-refractivity contribution is -0.00572. The second kappa shape index (κ2) is 12.3. The Morgan fingerprint density at radius 3 is 2.35 bits per heavy atom. The normalized spacial score (nSPS) is 21.4. The number of likely N-dealkylation sites (N-methyl/N-ethyl adjacent to an activating group) is 1. The van der Waals surface area contributed by atoms with Gasteiger partial charge < -0.3 is 29.7 Å². The highest BCUT2D eigenvalue weighted by molar-refractivity contribution is 6.07. The van der Waals surface area contributed by atoms with Crippen LogP contribution in [0.3, 0.4) is 0 Å². The fraction of sp³-hybridized carbons (Fsp3) is 0.448. The number of ether oxygens (including phenoxy) is 1. The molecule has 5 rings (SSSR count). The summed E-state index contributed by atoms with van der Waals surface area (Å²) in [4.78, 5) is 41.5. The van der Waals surface area contributed by atoms with Crippen molar-refractivity contribution < 1.29 is 27.1 Å². The lowest BCUT2D eigenvalue weighted by Crippen LogP contribution is -2.50. The van der Waals surface area contributed by atoms with Crippen LogP contribution in [-0.2, 0) is 4.74 Å². The van der Waals surface area contributed by atoms with Crippen LogP contribution < -0.4 is 20.7 Å². The van der Waals surface area contributed by atoms with Crippen molar-refractivity contribution in [2.45, 2.75) is 45.4 Å². The van der Waals surface area contributed by atoms with Crippen LogP contribution in [0.5, 0.6) is 0 Å². The van der Waals surface area contributed by atoms with Gasteiger partial charge in [-0.3, -0.25) is 9.59 Å². The number of nitrogens with zero attached hydrogens (tertiary/aromatic N) is 5. The van der Waals surface area contributed by atoms with Crippen LogP contribution in [-0.4, -0.2) is 83.8 Å². The number of rotatable bonds is 6. The maximum absolute atomic E-state index is 16.4. The molecule has 1 amide bonds. The van der Waals surface area contributed by atoms with E-state index in [-0.39, 0.29) is 35.2 Å². The monoisotopic (exact) mass is 603 g/mol. The number of pyridine rings is 1. The minimum Gasteiger partial charge on any atom is -0.372 e. The minimum absolute atomic E-state index is 0.0270. The third kappa shape index (κ3) is 6.34. The summed E-state index contributed by atoms with van der Waals surface area (Å²) in [7, 11) is 1.93. The maximum atomic E-state index is 16.4. The number of carbonyl (C=O) groups is 1. The number of alkyl halides is 2. The van der Waals surface area contributed by atoms with E-state index in [4.69, 9.17) is 4.74 Å². The number of anilines is 3. The summed E-state index contributed by atoms with van der Waals surface area (Å²) in [6.07, 6.45) is 0.210. The van der Waals surface area contributed by atoms with Gasteiger partial charge in [-0.15, -0.1) is 0 Å². The van der Waals surface area contributed by atoms with Gasteiger partial charge in [-0.05, 0) is 27.8 Å². The smallest absolute Gasteiger partial charge is 0.264 e. The number of H-pyrrole nitrogens is 1. The van der Waals surface area contributed by atoms with E-state index in [0.717, 1.165) is 12.3 Å². The molecule has 14 heteroatoms. The Morgan fingerprint density at radius 1 is 1.05 bits per heavy atom. The first-order chi connectivity index (χ1) is 20.4. The van der Waals surface area contributed by atoms with Crippen LogP contribution in [0.2, 0.25) is 0 Å². The number of hydrogen-bond acceptors (Lipinski definition) is 8. The number of aromatic nitrogens is 3. The van der Waals surface area contributed by atoms with E-state index in [1.807, 2.05) is 32.7 Å². The van der Waals surface area contributed by atoms with Gasteiger partial charge in [0.2, 0.25) is 11.5 Å². The van der Waals surface area contributed by atoms with Crippen molar-refractivity contribution >= 4 is 23.2 Å². The molecule has 2 aliphatic rings. The summed E-state index contributed by atoms with van der Waals surface area (Å²) in [5, 5.41) is 2.39. The van der Waals surface area contributed by atoms with Gasteiger partial charge in [0.1, 0.15) is 11.5 Å². The number of amides is 1. The van der Waals surface area contributed by atoms with Gasteiger partial charge in [0.15, 0.2) is 5.82 Å². The van der Waals surface area contributed by atoms with Crippen molar-refractivity contribution in [2.75, 3.05) is 54.9 Å². The number of aromatic amines is 1. The largest absolute Gasteiger partial charge is 0.372 e. The van der Waals surface area contributed by atoms with Crippen molar-refractivity contribution in [3.8, 4) is 11.1 Å². The Balaban J connectivity index is 1.55. The number of halogens is 4. The third-order valence-electron chi connectivity index (χ3n) is 7.80. The summed E-state index contributed by atoms with van der Waals surface area (Å²) < 4.78 is 65.2. The number of piperazine rings is 1. The molecule has 2 aromatic heterocycles. The van der Waals surface area contributed by atoms with E-state index in [2.05, 4.69) is 25.2 Å². The number of hydrogen-bond donors (Lipinski definition) is 2. The van der Waals surface area contributed by atoms with Crippen LogP contribution >= 0.6 is 0 Å². The SMILES string of the molecule is C[C@@H]1CN(c2ncc(-c3c(F)cc(N4CCN(C)[C@@H](C)C4)c(NC(=O)c4c[nH]c(=O)cc4C(F)F)c3F)cn2)C[C@H](C)O1. The summed E-state index contributed by atoms with van der Waals surface area (Å²) >= 11 is 0. The predicted molar refractivity (Wildman–Crippen MR) is 154 cm³/mol. The molecular weight excluding hydrogens is 570 g/mol. The molecule has 0 saturated carbocycles. The zero-order valence-electron chi connectivity index (χ0n) is 24.2. The van der Waals surface area contributed by atoms with E-state index in [9.17, 15) is 18.4 Å². The van der Waals surface area contributed by atoms with Gasteiger partial charge in [-0.1, -0.05) is 0 Å². The Kier molecular flexibility index (Phi) is 8.69. The van der Waals surface area contributed by atoms with Gasteiger partial charge in [0.05, 0.1) is 29.0 Å². The average molecular weight is 604 g/mol. The highest BCUT2D eigenvalue weighted by atomic mass is 19.3. The molecule has 230 valence electrons. The van der Waals surface area contributed by atoms with Crippen LogP contribution in [0.15, 0.2) is 35.5 Å². The van der Waals surface area contributed by atoms with Crippen molar-refractivity contribution in [3.05, 3.63) is 63.8 Å². The Morgan fingerprint density at radius 2 is 1.72 bits per heavy atom. The number of carbonyl (C=O) groups excluding carboxylic acids is 1. The van der Waals surface area contributed by atoms with Crippen LogP contribution in [0.1, 0.15) is 43.1 Å². The maximum Gasteiger partial charge on any atom is 0.264 e. The van der Waals surface area contributed by atoms with Gasteiger partial charge >= 0.3 is 0 Å². The second-order valence-electron chi connectivity index (χ2n) is 11.1. The molecule has 1 aromatic carbocycles. The van der Waals surface area contributed by atoms with Crippen molar-refractivity contribution in [1.82, 2.24) is 19.9 Å². The van der Waals surface area contributed by atoms with Crippen LogP contribution in [0.25, 0.3) is 11.1 Å². The van der Waals surface area contributed by atoms with Gasteiger partial charge in [-0.2, -0.15) is 0 Å². The number of morpholine rings is 1. The number of nitrogens with one attached hydrogen (secondary N) is 2. The van der Waals surface area contributed by atoms with E-state index < -0.39 is 46.2 Å². The van der Waals surface area contributed by atoms with Gasteiger partial charge in [0, 0.05) is 80.6 Å². The van der Waals surface area contributed by atoms with Crippen LogP contribution in [0.4, 0.5) is 34.9 Å². The second-order valence-corrected chi connectivity index (χ2v) is 11.1. The lowest BCUT2D eigenvalue weighted by atomic mass is 10.0. The lowest BCUT2D eigenvalue weighted by Gasteiger charge is -2.39. The first-order valence-corrected chi connectivity index (χ1v) is 13.9. The van der Waals surface area contributed by atoms with E-state index in [1.54, 1.807) is 4.90 Å². The zero-order chi connectivity index (χ0) is 31.0. The molecule has 0 aliphatic carbocycles. The molecular formula is C29H33F4N7O3. The Hall–Kier alpha value is -4.04. The minimum atomic E-state index is -3.14. The molecule has 10 nitrogen and oxygen atoms in total. The van der Waals surface area contributed by atoms with E-state index >= 15 is 8.78 Å². The Bertz CT molecular complexity index is 1540. The molecule has 0 unspecified atom stereocenters. The van der Waals surface area contributed by atoms with Crippen molar-refractivity contribution in [3.63, 3.8) is 0 Å². The summed E-state index contributed by atoms with van der Waals surface area (Å²) in [5.74, 6) is -2.73. The molecule has 43 heavy (non-hydrogen) atoms. The molecule has 0 spiro atoms. The topological polar surface area (TPSA) is 107 Å². The molecule has 3 atom stereocenters. The van der Waals surface area contributed by atoms with Crippen molar-refractivity contribution in [1.29, 1.82) is 0 Å². The van der Waals surface area contributed by atoms with Gasteiger partial charge in [-0.25, -0.2) is 27.5 Å². The molecule has 0 radical (unpaired) electrons. The molecule has 0 bridgehead atoms. The zero-order valence-corrected chi connectivity index (χ0v) is 24.2. The molecule has 4 heterocycles. The highest BCUT2D eigenvalue weighted by Crippen LogP contribution is 2.39. The quantitative estimate of drug-likeness (QED) is 0.407. The molecule has 3 aromatic rings. The molecule has 2 N–H and O–H groups in total. The summed E-state index contributed by atoms with van der Waals surface area (Å²) in [6, 6.07) is 1.76. The first kappa shape index (κ1) is 30.4. The average Bonchev–Trinajstić information content (AvgIpc) is 2.95. The van der Waals surface area contributed by atoms with Crippen LogP contribution in [0, 0.1) is 11.6 Å². The predicted octanol–water partition coefficient (Wildman–Crippen LogP) is 4.05. The summed E-state index contributed by atoms with van der Waals surface area (Å²) in [6.45, 7) is 8.29. The first-order valence-electron chi connectivity index (χ1n) is 13.9. The Labute approximate surface area is 245 Å². The fourth-order valence-corrected chi connectivity index (χ4v) is 5.51. The van der Waals surface area contributed by atoms with E-state index in [1.165, 1.54) is 12.4 Å². The standard InChI is InChI=1S/C29H33F4N7O3/c1-15-12-39(6-5-38(15)4)22-8-21(30)24(18-9-35-29(36-10-18)40-13-16(2)43-17(3)14-40)25(31)26(22)37-28(42)20-11-34-23(41)7-19(20)27(32)33/h7-11,15-17,27H,5-6,12-14H2,1-4H3,(H,34,41)(H,37,42)/t15-,16-,17+/m0/s1. The fourth-order valence-electron chi connectivity index (χ4n) is 5.51. The molecule has 2 aliphatic heterocycles. The van der Waals surface area contributed by atoms with Gasteiger partial charge in [0.25, 0.3) is 12.3 Å².